The van der Waals surface area contributed by atoms with Crippen LogP contribution in [0.3, 0.4) is 0 Å². The van der Waals surface area contributed by atoms with E-state index in [0.29, 0.717) is 10.7 Å². The molecule has 0 fully saturated rings. The summed E-state index contributed by atoms with van der Waals surface area (Å²) in [5, 5.41) is 6.97. The first-order valence-electron chi connectivity index (χ1n) is 5.38. The van der Waals surface area contributed by atoms with Crippen molar-refractivity contribution in [3.63, 3.8) is 0 Å². The van der Waals surface area contributed by atoms with Crippen LogP contribution < -0.4 is 11.1 Å². The first-order valence-corrected chi connectivity index (χ1v) is 6.64. The predicted molar refractivity (Wildman–Crippen MR) is 78.8 cm³/mol. The molecule has 5 heteroatoms. The van der Waals surface area contributed by atoms with Gasteiger partial charge >= 0.3 is 0 Å². The number of hydrogen-bond acceptors (Lipinski definition) is 4. The van der Waals surface area contributed by atoms with Gasteiger partial charge in [0.25, 0.3) is 0 Å². The van der Waals surface area contributed by atoms with Crippen LogP contribution in [0.4, 0.5) is 17.2 Å². The van der Waals surface area contributed by atoms with E-state index in [1.54, 1.807) is 35.7 Å². The highest BCUT2D eigenvalue weighted by Crippen LogP contribution is 2.31. The van der Waals surface area contributed by atoms with Crippen LogP contribution in [-0.2, 0) is 0 Å². The number of nitrogens with one attached hydrogen (secondary N) is 1. The molecule has 3 nitrogen and oxygen atoms in total. The summed E-state index contributed by atoms with van der Waals surface area (Å²) >= 11 is 7.81. The lowest BCUT2D eigenvalue weighted by Gasteiger charge is -2.09. The van der Waals surface area contributed by atoms with Crippen LogP contribution in [-0.4, -0.2) is 4.98 Å². The van der Waals surface area contributed by atoms with Crippen molar-refractivity contribution in [2.24, 2.45) is 0 Å². The summed E-state index contributed by atoms with van der Waals surface area (Å²) in [5.41, 5.74) is 7.19. The number of nitrogens with two attached hydrogens (primary N) is 1. The molecule has 2 heterocycles. The topological polar surface area (TPSA) is 50.9 Å². The number of hydrogen-bond donors (Lipinski definition) is 2. The van der Waals surface area contributed by atoms with Gasteiger partial charge < -0.3 is 11.1 Å². The van der Waals surface area contributed by atoms with Gasteiger partial charge in [0.1, 0.15) is 5.82 Å². The van der Waals surface area contributed by atoms with Crippen LogP contribution in [0.5, 0.6) is 0 Å². The highest BCUT2D eigenvalue weighted by atomic mass is 35.5. The second-order valence-corrected chi connectivity index (χ2v) is 5.21. The van der Waals surface area contributed by atoms with Crippen molar-refractivity contribution in [3.8, 4) is 0 Å². The van der Waals surface area contributed by atoms with Gasteiger partial charge in [-0.15, -0.1) is 11.3 Å². The smallest absolute Gasteiger partial charge is 0.139 e. The highest BCUT2D eigenvalue weighted by molar-refractivity contribution is 7.17. The summed E-state index contributed by atoms with van der Waals surface area (Å²) in [7, 11) is 0. The molecule has 0 saturated heterocycles. The Labute approximate surface area is 113 Å². The molecule has 0 amide bonds. The molecule has 0 aliphatic heterocycles. The minimum atomic E-state index is 0.623. The lowest BCUT2D eigenvalue weighted by molar-refractivity contribution is 1.34. The van der Waals surface area contributed by atoms with E-state index >= 15 is 0 Å². The minimum absolute atomic E-state index is 0.623. The molecule has 3 aromatic rings. The van der Waals surface area contributed by atoms with E-state index in [-0.39, 0.29) is 0 Å². The molecule has 0 aliphatic rings. The Morgan fingerprint density at radius 3 is 3.00 bits per heavy atom. The van der Waals surface area contributed by atoms with E-state index in [1.807, 2.05) is 17.5 Å². The summed E-state index contributed by atoms with van der Waals surface area (Å²) in [6, 6.07) is 9.37. The van der Waals surface area contributed by atoms with E-state index in [9.17, 15) is 0 Å². The maximum Gasteiger partial charge on any atom is 0.139 e. The third-order valence-electron chi connectivity index (χ3n) is 2.62. The highest BCUT2D eigenvalue weighted by Gasteiger charge is 2.06. The monoisotopic (exact) mass is 275 g/mol. The third-order valence-corrected chi connectivity index (χ3v) is 3.84. The molecule has 2 aromatic heterocycles. The average molecular weight is 276 g/mol. The largest absolute Gasteiger partial charge is 0.399 e. The number of thiophene rings is 1. The number of aromatic nitrogens is 1. The number of rotatable bonds is 2. The normalized spacial score (nSPS) is 10.7. The standard InChI is InChI=1S/C13H10ClN3S/c14-10-2-1-8(15)7-11(10)17-13-9-4-6-18-12(9)3-5-16-13/h1-7H,15H2,(H,16,17). The molecular formula is C13H10ClN3S. The van der Waals surface area contributed by atoms with Crippen molar-refractivity contribution in [2.45, 2.75) is 0 Å². The molecule has 0 aliphatic carbocycles. The molecular weight excluding hydrogens is 266 g/mol. The van der Waals surface area contributed by atoms with Gasteiger partial charge in [0.2, 0.25) is 0 Å². The molecule has 18 heavy (non-hydrogen) atoms. The summed E-state index contributed by atoms with van der Waals surface area (Å²) in [6.07, 6.45) is 1.78. The Morgan fingerprint density at radius 2 is 2.11 bits per heavy atom. The number of halogens is 1. The van der Waals surface area contributed by atoms with Gasteiger partial charge in [0, 0.05) is 22.0 Å². The predicted octanol–water partition coefficient (Wildman–Crippen LogP) is 4.28. The fourth-order valence-corrected chi connectivity index (χ4v) is 2.71. The Balaban J connectivity index is 2.06. The van der Waals surface area contributed by atoms with E-state index in [4.69, 9.17) is 17.3 Å². The molecule has 0 spiro atoms. The number of nitrogen functional groups attached to an aromatic ring is 1. The Morgan fingerprint density at radius 1 is 1.22 bits per heavy atom. The Bertz CT molecular complexity index is 708. The van der Waals surface area contributed by atoms with Gasteiger partial charge in [-0.1, -0.05) is 11.6 Å². The first kappa shape index (κ1) is 11.3. The van der Waals surface area contributed by atoms with Crippen molar-refractivity contribution in [1.29, 1.82) is 0 Å². The lowest BCUT2D eigenvalue weighted by atomic mass is 10.2. The third kappa shape index (κ3) is 2.00. The fourth-order valence-electron chi connectivity index (χ4n) is 1.76. The number of pyridine rings is 1. The van der Waals surface area contributed by atoms with Gasteiger partial charge in [-0.25, -0.2) is 4.98 Å². The molecule has 0 saturated carbocycles. The summed E-state index contributed by atoms with van der Waals surface area (Å²) in [6.45, 7) is 0. The van der Waals surface area contributed by atoms with Crippen molar-refractivity contribution in [2.75, 3.05) is 11.1 Å². The average Bonchev–Trinajstić information content (AvgIpc) is 2.83. The van der Waals surface area contributed by atoms with E-state index in [2.05, 4.69) is 10.3 Å². The number of fused-ring (bicyclic) bond motifs is 1. The maximum atomic E-state index is 6.13. The number of nitrogens with zero attached hydrogens (tertiary/aromatic N) is 1. The maximum absolute atomic E-state index is 6.13. The van der Waals surface area contributed by atoms with Gasteiger partial charge in [-0.2, -0.15) is 0 Å². The van der Waals surface area contributed by atoms with Crippen LogP contribution in [0.2, 0.25) is 5.02 Å². The molecule has 0 radical (unpaired) electrons. The Hall–Kier alpha value is -1.78. The second kappa shape index (κ2) is 4.48. The second-order valence-electron chi connectivity index (χ2n) is 3.86. The van der Waals surface area contributed by atoms with E-state index < -0.39 is 0 Å². The summed E-state index contributed by atoms with van der Waals surface area (Å²) < 4.78 is 1.19. The zero-order chi connectivity index (χ0) is 12.5. The fraction of sp³-hybridized carbons (Fsp3) is 0. The van der Waals surface area contributed by atoms with E-state index in [1.165, 1.54) is 4.70 Å². The number of benzene rings is 1. The van der Waals surface area contributed by atoms with Crippen LogP contribution in [0.15, 0.2) is 41.9 Å². The number of anilines is 3. The summed E-state index contributed by atoms with van der Waals surface area (Å²) in [4.78, 5) is 4.34. The molecule has 1 aromatic carbocycles. The van der Waals surface area contributed by atoms with Crippen molar-refractivity contribution in [1.82, 2.24) is 4.98 Å². The van der Waals surface area contributed by atoms with Crippen LogP contribution in [0.25, 0.3) is 10.1 Å². The van der Waals surface area contributed by atoms with Crippen molar-refractivity contribution < 1.29 is 0 Å². The first-order chi connectivity index (χ1) is 8.74. The quantitative estimate of drug-likeness (QED) is 0.687. The molecule has 0 unspecified atom stereocenters. The zero-order valence-corrected chi connectivity index (χ0v) is 10.9. The van der Waals surface area contributed by atoms with Gasteiger partial charge in [0.15, 0.2) is 0 Å². The lowest BCUT2D eigenvalue weighted by Crippen LogP contribution is -1.95. The molecule has 90 valence electrons. The van der Waals surface area contributed by atoms with E-state index in [0.717, 1.165) is 16.9 Å². The molecule has 3 N–H and O–H groups in total. The molecule has 0 bridgehead atoms. The van der Waals surface area contributed by atoms with Crippen molar-refractivity contribution in [3.05, 3.63) is 46.9 Å². The molecule has 0 atom stereocenters. The van der Waals surface area contributed by atoms with Crippen LogP contribution in [0.1, 0.15) is 0 Å². The molecule has 3 rings (SSSR count). The van der Waals surface area contributed by atoms with Gasteiger partial charge in [-0.05, 0) is 35.7 Å². The Kier molecular flexibility index (Phi) is 2.81. The minimum Gasteiger partial charge on any atom is -0.399 e. The summed E-state index contributed by atoms with van der Waals surface area (Å²) in [5.74, 6) is 0.793. The van der Waals surface area contributed by atoms with Crippen LogP contribution >= 0.6 is 22.9 Å². The van der Waals surface area contributed by atoms with Gasteiger partial charge in [-0.3, -0.25) is 0 Å². The zero-order valence-electron chi connectivity index (χ0n) is 9.35. The van der Waals surface area contributed by atoms with Crippen molar-refractivity contribution >= 4 is 50.2 Å². The van der Waals surface area contributed by atoms with Crippen LogP contribution in [0, 0.1) is 0 Å². The van der Waals surface area contributed by atoms with Gasteiger partial charge in [0.05, 0.1) is 10.7 Å². The SMILES string of the molecule is Nc1ccc(Cl)c(Nc2nccc3sccc23)c1.